The fourth-order valence-corrected chi connectivity index (χ4v) is 5.06. The molecule has 1 saturated carbocycles. The Morgan fingerprint density at radius 3 is 2.47 bits per heavy atom. The zero-order valence-corrected chi connectivity index (χ0v) is 13.9. The van der Waals surface area contributed by atoms with Gasteiger partial charge in [-0.2, -0.15) is 11.8 Å². The Bertz CT molecular complexity index is 261. The van der Waals surface area contributed by atoms with Gasteiger partial charge in [-0.15, -0.1) is 0 Å². The SMILES string of the molecule is CNCC1(CN2CCSC(C)C2C)CCCCCC1. The van der Waals surface area contributed by atoms with Crippen LogP contribution in [0.1, 0.15) is 52.4 Å². The molecule has 2 atom stereocenters. The molecule has 0 amide bonds. The fraction of sp³-hybridized carbons (Fsp3) is 1.00. The average Bonchev–Trinajstić information content (AvgIpc) is 2.62. The van der Waals surface area contributed by atoms with Gasteiger partial charge in [-0.25, -0.2) is 0 Å². The predicted molar refractivity (Wildman–Crippen MR) is 87.0 cm³/mol. The lowest BCUT2D eigenvalue weighted by Gasteiger charge is -2.44. The van der Waals surface area contributed by atoms with Gasteiger partial charge in [0.15, 0.2) is 0 Å². The van der Waals surface area contributed by atoms with Gasteiger partial charge in [0.05, 0.1) is 0 Å². The molecule has 0 radical (unpaired) electrons. The van der Waals surface area contributed by atoms with Crippen molar-refractivity contribution in [2.45, 2.75) is 63.7 Å². The van der Waals surface area contributed by atoms with Gasteiger partial charge < -0.3 is 5.32 Å². The van der Waals surface area contributed by atoms with Crippen LogP contribution in [0.3, 0.4) is 0 Å². The number of hydrogen-bond donors (Lipinski definition) is 1. The molecule has 1 aliphatic heterocycles. The predicted octanol–water partition coefficient (Wildman–Crippen LogP) is 3.37. The highest BCUT2D eigenvalue weighted by Crippen LogP contribution is 2.37. The lowest BCUT2D eigenvalue weighted by atomic mass is 9.79. The van der Waals surface area contributed by atoms with Crippen LogP contribution >= 0.6 is 11.8 Å². The van der Waals surface area contributed by atoms with Crippen molar-refractivity contribution >= 4 is 11.8 Å². The largest absolute Gasteiger partial charge is 0.319 e. The van der Waals surface area contributed by atoms with Gasteiger partial charge in [-0.3, -0.25) is 4.90 Å². The molecule has 2 aliphatic rings. The summed E-state index contributed by atoms with van der Waals surface area (Å²) < 4.78 is 0. The van der Waals surface area contributed by atoms with E-state index in [9.17, 15) is 0 Å². The molecule has 19 heavy (non-hydrogen) atoms. The van der Waals surface area contributed by atoms with E-state index in [0.717, 1.165) is 11.3 Å². The molecule has 2 rings (SSSR count). The zero-order chi connectivity index (χ0) is 13.7. The van der Waals surface area contributed by atoms with E-state index >= 15 is 0 Å². The van der Waals surface area contributed by atoms with Crippen LogP contribution in [-0.4, -0.2) is 48.6 Å². The average molecular weight is 285 g/mol. The summed E-state index contributed by atoms with van der Waals surface area (Å²) in [5.41, 5.74) is 0.543. The van der Waals surface area contributed by atoms with Crippen LogP contribution in [-0.2, 0) is 0 Å². The van der Waals surface area contributed by atoms with Crippen molar-refractivity contribution < 1.29 is 0 Å². The van der Waals surface area contributed by atoms with Crippen molar-refractivity contribution in [2.24, 2.45) is 5.41 Å². The van der Waals surface area contributed by atoms with Crippen LogP contribution in [0.15, 0.2) is 0 Å². The van der Waals surface area contributed by atoms with Crippen molar-refractivity contribution in [3.05, 3.63) is 0 Å². The quantitative estimate of drug-likeness (QED) is 0.797. The summed E-state index contributed by atoms with van der Waals surface area (Å²) in [5.74, 6) is 1.32. The first-order valence-corrected chi connectivity index (χ1v) is 9.22. The van der Waals surface area contributed by atoms with Gasteiger partial charge in [0.25, 0.3) is 0 Å². The van der Waals surface area contributed by atoms with E-state index < -0.39 is 0 Å². The maximum absolute atomic E-state index is 3.49. The van der Waals surface area contributed by atoms with Crippen molar-refractivity contribution in [3.8, 4) is 0 Å². The second-order valence-corrected chi connectivity index (χ2v) is 8.22. The summed E-state index contributed by atoms with van der Waals surface area (Å²) in [6.07, 6.45) is 8.64. The molecule has 0 aromatic heterocycles. The molecule has 1 aliphatic carbocycles. The van der Waals surface area contributed by atoms with E-state index in [-0.39, 0.29) is 0 Å². The Labute approximate surface area is 124 Å². The minimum atomic E-state index is 0.543. The molecule has 1 heterocycles. The number of hydrogen-bond acceptors (Lipinski definition) is 3. The summed E-state index contributed by atoms with van der Waals surface area (Å²) in [5, 5.41) is 4.29. The third-order valence-corrected chi connectivity index (χ3v) is 6.61. The second kappa shape index (κ2) is 7.33. The topological polar surface area (TPSA) is 15.3 Å². The van der Waals surface area contributed by atoms with Gasteiger partial charge in [0.1, 0.15) is 0 Å². The van der Waals surface area contributed by atoms with Gasteiger partial charge in [-0.05, 0) is 32.2 Å². The van der Waals surface area contributed by atoms with Gasteiger partial charge in [0.2, 0.25) is 0 Å². The van der Waals surface area contributed by atoms with Crippen LogP contribution in [0.4, 0.5) is 0 Å². The first-order chi connectivity index (χ1) is 9.17. The Morgan fingerprint density at radius 2 is 1.84 bits per heavy atom. The summed E-state index contributed by atoms with van der Waals surface area (Å²) in [4.78, 5) is 2.78. The Morgan fingerprint density at radius 1 is 1.16 bits per heavy atom. The van der Waals surface area contributed by atoms with E-state index in [4.69, 9.17) is 0 Å². The van der Waals surface area contributed by atoms with Gasteiger partial charge >= 0.3 is 0 Å². The highest BCUT2D eigenvalue weighted by Gasteiger charge is 2.35. The fourth-order valence-electron chi connectivity index (χ4n) is 3.89. The molecule has 112 valence electrons. The molecule has 2 unspecified atom stereocenters. The molecule has 0 aromatic carbocycles. The van der Waals surface area contributed by atoms with E-state index in [1.807, 2.05) is 0 Å². The lowest BCUT2D eigenvalue weighted by Crippen LogP contribution is -2.51. The zero-order valence-electron chi connectivity index (χ0n) is 13.1. The molecular weight excluding hydrogens is 252 g/mol. The van der Waals surface area contributed by atoms with Gasteiger partial charge in [0, 0.05) is 36.7 Å². The summed E-state index contributed by atoms with van der Waals surface area (Å²) in [6, 6.07) is 0.746. The first-order valence-electron chi connectivity index (χ1n) is 8.17. The monoisotopic (exact) mass is 284 g/mol. The van der Waals surface area contributed by atoms with E-state index in [0.29, 0.717) is 5.41 Å². The number of thioether (sulfide) groups is 1. The van der Waals surface area contributed by atoms with Crippen LogP contribution in [0.25, 0.3) is 0 Å². The van der Waals surface area contributed by atoms with Crippen LogP contribution in [0, 0.1) is 5.41 Å². The van der Waals surface area contributed by atoms with Gasteiger partial charge in [-0.1, -0.05) is 32.6 Å². The molecule has 3 heteroatoms. The molecule has 0 spiro atoms. The molecule has 0 aromatic rings. The molecular formula is C16H32N2S. The van der Waals surface area contributed by atoms with Crippen LogP contribution < -0.4 is 5.32 Å². The molecule has 2 fully saturated rings. The minimum Gasteiger partial charge on any atom is -0.319 e. The molecule has 1 saturated heterocycles. The Kier molecular flexibility index (Phi) is 6.04. The summed E-state index contributed by atoms with van der Waals surface area (Å²) >= 11 is 2.15. The smallest absolute Gasteiger partial charge is 0.0184 e. The highest BCUT2D eigenvalue weighted by molar-refractivity contribution is 8.00. The normalized spacial score (nSPS) is 33.0. The minimum absolute atomic E-state index is 0.543. The van der Waals surface area contributed by atoms with Crippen molar-refractivity contribution in [1.29, 1.82) is 0 Å². The van der Waals surface area contributed by atoms with Crippen LogP contribution in [0.2, 0.25) is 0 Å². The van der Waals surface area contributed by atoms with E-state index in [1.165, 1.54) is 63.9 Å². The lowest BCUT2D eigenvalue weighted by molar-refractivity contribution is 0.102. The summed E-state index contributed by atoms with van der Waals surface area (Å²) in [7, 11) is 2.13. The molecule has 1 N–H and O–H groups in total. The maximum Gasteiger partial charge on any atom is 0.0184 e. The Hall–Kier alpha value is 0.270. The third-order valence-electron chi connectivity index (χ3n) is 5.27. The second-order valence-electron chi connectivity index (χ2n) is 6.73. The van der Waals surface area contributed by atoms with Crippen molar-refractivity contribution in [2.75, 3.05) is 32.4 Å². The highest BCUT2D eigenvalue weighted by atomic mass is 32.2. The molecule has 0 bridgehead atoms. The number of rotatable bonds is 4. The summed E-state index contributed by atoms with van der Waals surface area (Å²) in [6.45, 7) is 8.65. The van der Waals surface area contributed by atoms with Crippen molar-refractivity contribution in [3.63, 3.8) is 0 Å². The maximum atomic E-state index is 3.49. The third kappa shape index (κ3) is 4.12. The number of nitrogens with one attached hydrogen (secondary N) is 1. The van der Waals surface area contributed by atoms with Crippen LogP contribution in [0.5, 0.6) is 0 Å². The van der Waals surface area contributed by atoms with E-state index in [2.05, 4.69) is 42.9 Å². The number of nitrogens with zero attached hydrogens (tertiary/aromatic N) is 1. The standard InChI is InChI=1S/C16H32N2S/c1-14-15(2)19-11-10-18(14)13-16(12-17-3)8-6-4-5-7-9-16/h14-15,17H,4-13H2,1-3H3. The Balaban J connectivity index is 2.02. The molecule has 2 nitrogen and oxygen atoms in total. The first kappa shape index (κ1) is 15.7. The van der Waals surface area contributed by atoms with Crippen molar-refractivity contribution in [1.82, 2.24) is 10.2 Å². The van der Waals surface area contributed by atoms with E-state index in [1.54, 1.807) is 0 Å².